The van der Waals surface area contributed by atoms with E-state index in [-0.39, 0.29) is 10.8 Å². The standard InChI is InChI=1S/C22H30O2/c1-5-21(2)13-19(23)22(3)11-10-17-16-9-7-15(24-4)12-14(16)6-8-18(17)20(21)22/h7,9,12,17-18,20H,5-6,8,10-11,13H2,1-4H3/t17-,18-,20-,21+,22-/m1/s1. The lowest BCUT2D eigenvalue weighted by atomic mass is 9.51. The van der Waals surface area contributed by atoms with E-state index in [9.17, 15) is 4.79 Å². The average molecular weight is 326 g/mol. The highest BCUT2D eigenvalue weighted by Crippen LogP contribution is 2.66. The summed E-state index contributed by atoms with van der Waals surface area (Å²) in [5.74, 6) is 3.37. The molecule has 0 heterocycles. The summed E-state index contributed by atoms with van der Waals surface area (Å²) < 4.78 is 5.42. The Morgan fingerprint density at radius 3 is 2.75 bits per heavy atom. The molecule has 2 nitrogen and oxygen atoms in total. The van der Waals surface area contributed by atoms with E-state index in [1.54, 1.807) is 7.11 Å². The van der Waals surface area contributed by atoms with Crippen molar-refractivity contribution in [1.82, 2.24) is 0 Å². The minimum Gasteiger partial charge on any atom is -0.497 e. The Labute approximate surface area is 146 Å². The number of aryl methyl sites for hydroxylation is 1. The molecule has 4 rings (SSSR count). The third kappa shape index (κ3) is 2.04. The summed E-state index contributed by atoms with van der Waals surface area (Å²) >= 11 is 0. The van der Waals surface area contributed by atoms with Gasteiger partial charge < -0.3 is 4.74 Å². The predicted octanol–water partition coefficient (Wildman–Crippen LogP) is 5.15. The van der Waals surface area contributed by atoms with Crippen LogP contribution in [0.4, 0.5) is 0 Å². The molecular weight excluding hydrogens is 296 g/mol. The zero-order valence-electron chi connectivity index (χ0n) is 15.5. The molecular formula is C22H30O2. The summed E-state index contributed by atoms with van der Waals surface area (Å²) in [6, 6.07) is 6.65. The first-order valence-corrected chi connectivity index (χ1v) is 9.63. The van der Waals surface area contributed by atoms with Crippen molar-refractivity contribution in [3.63, 3.8) is 0 Å². The van der Waals surface area contributed by atoms with Crippen LogP contribution in [-0.4, -0.2) is 12.9 Å². The van der Waals surface area contributed by atoms with Gasteiger partial charge in [-0.15, -0.1) is 0 Å². The molecule has 3 aliphatic carbocycles. The summed E-state index contributed by atoms with van der Waals surface area (Å²) in [6.07, 6.45) is 6.52. The Bertz CT molecular complexity index is 679. The van der Waals surface area contributed by atoms with Gasteiger partial charge in [-0.1, -0.05) is 26.8 Å². The first kappa shape index (κ1) is 16.2. The van der Waals surface area contributed by atoms with Crippen LogP contribution in [0.2, 0.25) is 0 Å². The number of hydrogen-bond acceptors (Lipinski definition) is 2. The maximum Gasteiger partial charge on any atom is 0.139 e. The maximum absolute atomic E-state index is 12.9. The fourth-order valence-electron chi connectivity index (χ4n) is 6.52. The molecule has 3 aliphatic rings. The van der Waals surface area contributed by atoms with E-state index in [0.717, 1.165) is 31.4 Å². The Kier molecular flexibility index (Phi) is 3.60. The van der Waals surface area contributed by atoms with Gasteiger partial charge in [0.05, 0.1) is 7.11 Å². The molecule has 1 aromatic carbocycles. The van der Waals surface area contributed by atoms with Crippen molar-refractivity contribution >= 4 is 5.78 Å². The lowest BCUT2D eigenvalue weighted by molar-refractivity contribution is -0.129. The van der Waals surface area contributed by atoms with Crippen LogP contribution in [0.25, 0.3) is 0 Å². The van der Waals surface area contributed by atoms with Gasteiger partial charge >= 0.3 is 0 Å². The van der Waals surface area contributed by atoms with Crippen molar-refractivity contribution < 1.29 is 9.53 Å². The van der Waals surface area contributed by atoms with Gasteiger partial charge in [0.25, 0.3) is 0 Å². The van der Waals surface area contributed by atoms with Crippen LogP contribution in [-0.2, 0) is 11.2 Å². The molecule has 0 N–H and O–H groups in total. The van der Waals surface area contributed by atoms with Gasteiger partial charge in [0.1, 0.15) is 11.5 Å². The lowest BCUT2D eigenvalue weighted by Crippen LogP contribution is -2.46. The van der Waals surface area contributed by atoms with E-state index >= 15 is 0 Å². The molecule has 0 aromatic heterocycles. The quantitative estimate of drug-likeness (QED) is 0.751. The fourth-order valence-corrected chi connectivity index (χ4v) is 6.52. The van der Waals surface area contributed by atoms with Crippen molar-refractivity contribution in [3.05, 3.63) is 29.3 Å². The van der Waals surface area contributed by atoms with Crippen LogP contribution in [0.5, 0.6) is 5.75 Å². The van der Waals surface area contributed by atoms with Crippen LogP contribution < -0.4 is 4.74 Å². The number of ether oxygens (including phenoxy) is 1. The molecule has 0 saturated heterocycles. The zero-order chi connectivity index (χ0) is 17.1. The van der Waals surface area contributed by atoms with Gasteiger partial charge in [-0.05, 0) is 78.5 Å². The molecule has 2 heteroatoms. The van der Waals surface area contributed by atoms with Crippen molar-refractivity contribution in [2.75, 3.05) is 7.11 Å². The summed E-state index contributed by atoms with van der Waals surface area (Å²) in [5.41, 5.74) is 3.13. The summed E-state index contributed by atoms with van der Waals surface area (Å²) in [7, 11) is 1.75. The highest BCUT2D eigenvalue weighted by molar-refractivity contribution is 5.88. The van der Waals surface area contributed by atoms with E-state index in [4.69, 9.17) is 4.74 Å². The minimum atomic E-state index is -0.0735. The Morgan fingerprint density at radius 1 is 1.25 bits per heavy atom. The number of methoxy groups -OCH3 is 1. The molecule has 5 atom stereocenters. The third-order valence-electron chi connectivity index (χ3n) is 7.86. The van der Waals surface area contributed by atoms with E-state index in [1.165, 1.54) is 24.0 Å². The molecule has 2 saturated carbocycles. The second-order valence-electron chi connectivity index (χ2n) is 8.92. The van der Waals surface area contributed by atoms with Crippen LogP contribution in [0.15, 0.2) is 18.2 Å². The minimum absolute atomic E-state index is 0.0735. The molecule has 24 heavy (non-hydrogen) atoms. The number of carbonyl (C=O) groups is 1. The Balaban J connectivity index is 1.76. The number of carbonyl (C=O) groups excluding carboxylic acids is 1. The smallest absolute Gasteiger partial charge is 0.139 e. The molecule has 1 aromatic rings. The number of fused-ring (bicyclic) bond motifs is 5. The average Bonchev–Trinajstić information content (AvgIpc) is 2.81. The summed E-state index contributed by atoms with van der Waals surface area (Å²) in [6.45, 7) is 6.94. The summed E-state index contributed by atoms with van der Waals surface area (Å²) in [4.78, 5) is 12.9. The van der Waals surface area contributed by atoms with E-state index in [2.05, 4.69) is 39.0 Å². The van der Waals surface area contributed by atoms with Crippen LogP contribution >= 0.6 is 0 Å². The van der Waals surface area contributed by atoms with Gasteiger partial charge in [0, 0.05) is 11.8 Å². The first-order valence-electron chi connectivity index (χ1n) is 9.63. The zero-order valence-corrected chi connectivity index (χ0v) is 15.5. The molecule has 0 spiro atoms. The van der Waals surface area contributed by atoms with E-state index in [0.29, 0.717) is 23.5 Å². The van der Waals surface area contributed by atoms with Crippen molar-refractivity contribution in [2.24, 2.45) is 22.7 Å². The van der Waals surface area contributed by atoms with E-state index < -0.39 is 0 Å². The molecule has 0 amide bonds. The topological polar surface area (TPSA) is 26.3 Å². The molecule has 0 radical (unpaired) electrons. The lowest BCUT2D eigenvalue weighted by Gasteiger charge is -2.52. The number of rotatable bonds is 2. The first-order chi connectivity index (χ1) is 11.4. The second kappa shape index (κ2) is 5.34. The SMILES string of the molecule is CC[C@@]1(C)CC(=O)[C@@]2(C)CC[C@@H]3c4ccc(OC)cc4CC[C@H]3[C@H]12. The van der Waals surface area contributed by atoms with Crippen molar-refractivity contribution in [1.29, 1.82) is 0 Å². The summed E-state index contributed by atoms with van der Waals surface area (Å²) in [5, 5.41) is 0. The number of hydrogen-bond donors (Lipinski definition) is 0. The molecule has 0 unspecified atom stereocenters. The Hall–Kier alpha value is -1.31. The highest BCUT2D eigenvalue weighted by atomic mass is 16.5. The van der Waals surface area contributed by atoms with Gasteiger partial charge in [-0.3, -0.25) is 4.79 Å². The number of ketones is 1. The third-order valence-corrected chi connectivity index (χ3v) is 7.86. The van der Waals surface area contributed by atoms with Gasteiger partial charge in [-0.2, -0.15) is 0 Å². The molecule has 0 aliphatic heterocycles. The second-order valence-corrected chi connectivity index (χ2v) is 8.92. The van der Waals surface area contributed by atoms with E-state index in [1.807, 2.05) is 0 Å². The number of benzene rings is 1. The highest BCUT2D eigenvalue weighted by Gasteiger charge is 2.62. The molecule has 130 valence electrons. The van der Waals surface area contributed by atoms with Gasteiger partial charge in [0.15, 0.2) is 0 Å². The largest absolute Gasteiger partial charge is 0.497 e. The predicted molar refractivity (Wildman–Crippen MR) is 96.4 cm³/mol. The molecule has 0 bridgehead atoms. The van der Waals surface area contributed by atoms with Crippen LogP contribution in [0, 0.1) is 22.7 Å². The van der Waals surface area contributed by atoms with Gasteiger partial charge in [0.2, 0.25) is 0 Å². The molecule has 2 fully saturated rings. The van der Waals surface area contributed by atoms with Crippen molar-refractivity contribution in [3.8, 4) is 5.75 Å². The van der Waals surface area contributed by atoms with Crippen LogP contribution in [0.1, 0.15) is 69.9 Å². The number of Topliss-reactive ketones (excluding diaryl/α,β-unsaturated/α-hetero) is 1. The Morgan fingerprint density at radius 2 is 2.04 bits per heavy atom. The van der Waals surface area contributed by atoms with Gasteiger partial charge in [-0.25, -0.2) is 0 Å². The van der Waals surface area contributed by atoms with Crippen molar-refractivity contribution in [2.45, 2.75) is 65.2 Å². The maximum atomic E-state index is 12.9. The fraction of sp³-hybridized carbons (Fsp3) is 0.682. The normalized spacial score (nSPS) is 40.7. The monoisotopic (exact) mass is 326 g/mol. The van der Waals surface area contributed by atoms with Crippen LogP contribution in [0.3, 0.4) is 0 Å².